The summed E-state index contributed by atoms with van der Waals surface area (Å²) in [6, 6.07) is 9.86. The summed E-state index contributed by atoms with van der Waals surface area (Å²) in [6.45, 7) is 7.41. The molecule has 0 saturated heterocycles. The van der Waals surface area contributed by atoms with Gasteiger partial charge in [0.05, 0.1) is 12.2 Å². The Balaban J connectivity index is 2.82. The van der Waals surface area contributed by atoms with Gasteiger partial charge in [0, 0.05) is 6.42 Å². The molecule has 0 bridgehead atoms. The summed E-state index contributed by atoms with van der Waals surface area (Å²) in [6.07, 6.45) is 0.284. The van der Waals surface area contributed by atoms with Gasteiger partial charge in [-0.05, 0) is 33.3 Å². The molecule has 1 aromatic carbocycles. The van der Waals surface area contributed by atoms with E-state index < -0.39 is 13.4 Å². The standard InChI is InChI=1S/C14H24NO3P/c1-11(2)17-19(16,18-12(3)4)14(15)10-13-8-6-5-7-9-13/h5-9,11-12,14H,10,15H2,1-4H3/p+1/t14-/m0/s1. The van der Waals surface area contributed by atoms with Gasteiger partial charge in [-0.3, -0.25) is 4.57 Å². The van der Waals surface area contributed by atoms with Crippen LogP contribution >= 0.6 is 7.60 Å². The van der Waals surface area contributed by atoms with E-state index in [1.54, 1.807) is 0 Å². The van der Waals surface area contributed by atoms with Crippen molar-refractivity contribution in [3.63, 3.8) is 0 Å². The summed E-state index contributed by atoms with van der Waals surface area (Å²) in [5.74, 6) is -0.403. The fourth-order valence-electron chi connectivity index (χ4n) is 1.78. The van der Waals surface area contributed by atoms with Crippen LogP contribution in [0.5, 0.6) is 0 Å². The van der Waals surface area contributed by atoms with Gasteiger partial charge in [-0.2, -0.15) is 0 Å². The zero-order chi connectivity index (χ0) is 14.5. The Morgan fingerprint density at radius 3 is 1.95 bits per heavy atom. The van der Waals surface area contributed by atoms with E-state index in [1.807, 2.05) is 58.0 Å². The lowest BCUT2D eigenvalue weighted by Crippen LogP contribution is -2.62. The first kappa shape index (κ1) is 16.4. The quantitative estimate of drug-likeness (QED) is 0.784. The van der Waals surface area contributed by atoms with Crippen molar-refractivity contribution in [1.29, 1.82) is 0 Å². The Labute approximate surface area is 115 Å². The summed E-state index contributed by atoms with van der Waals surface area (Å²) in [7, 11) is -3.20. The Hall–Kier alpha value is -0.670. The molecule has 0 aliphatic rings. The second kappa shape index (κ2) is 7.20. The maximum atomic E-state index is 12.8. The Morgan fingerprint density at radius 1 is 1.05 bits per heavy atom. The lowest BCUT2D eigenvalue weighted by atomic mass is 10.2. The second-order valence-corrected chi connectivity index (χ2v) is 7.42. The molecular weight excluding hydrogens is 261 g/mol. The molecule has 0 saturated carbocycles. The van der Waals surface area contributed by atoms with Crippen molar-refractivity contribution in [1.82, 2.24) is 0 Å². The van der Waals surface area contributed by atoms with E-state index in [-0.39, 0.29) is 12.2 Å². The molecule has 0 spiro atoms. The van der Waals surface area contributed by atoms with Crippen LogP contribution < -0.4 is 5.73 Å². The molecule has 1 rings (SSSR count). The highest BCUT2D eigenvalue weighted by molar-refractivity contribution is 7.54. The maximum absolute atomic E-state index is 12.8. The minimum Gasteiger partial charge on any atom is -0.345 e. The number of rotatable bonds is 7. The van der Waals surface area contributed by atoms with Crippen LogP contribution in [0, 0.1) is 0 Å². The number of hydrogen-bond acceptors (Lipinski definition) is 3. The van der Waals surface area contributed by atoms with Crippen LogP contribution in [0.3, 0.4) is 0 Å². The number of quaternary nitrogens is 1. The van der Waals surface area contributed by atoms with Gasteiger partial charge in [0.2, 0.25) is 0 Å². The normalized spacial score (nSPS) is 14.1. The van der Waals surface area contributed by atoms with Gasteiger partial charge in [-0.15, -0.1) is 0 Å². The molecule has 19 heavy (non-hydrogen) atoms. The van der Waals surface area contributed by atoms with Crippen molar-refractivity contribution < 1.29 is 19.3 Å². The SMILES string of the molecule is CC(C)OP(=O)(OC(C)C)[C@H]([NH3+])Cc1ccccc1. The Morgan fingerprint density at radius 2 is 1.53 bits per heavy atom. The predicted molar refractivity (Wildman–Crippen MR) is 76.9 cm³/mol. The maximum Gasteiger partial charge on any atom is 0.388 e. The smallest absolute Gasteiger partial charge is 0.345 e. The van der Waals surface area contributed by atoms with Crippen molar-refractivity contribution in [3.05, 3.63) is 35.9 Å². The summed E-state index contributed by atoms with van der Waals surface area (Å²) < 4.78 is 23.9. The van der Waals surface area contributed by atoms with Crippen LogP contribution in [0.1, 0.15) is 33.3 Å². The zero-order valence-corrected chi connectivity index (χ0v) is 13.1. The molecule has 0 fully saturated rings. The minimum absolute atomic E-state index is 0.149. The van der Waals surface area contributed by atoms with Crippen LogP contribution in [-0.2, 0) is 20.0 Å². The van der Waals surface area contributed by atoms with Gasteiger partial charge in [0.25, 0.3) is 0 Å². The van der Waals surface area contributed by atoms with Crippen molar-refractivity contribution in [3.8, 4) is 0 Å². The van der Waals surface area contributed by atoms with Crippen molar-refractivity contribution >= 4 is 7.60 Å². The monoisotopic (exact) mass is 286 g/mol. The fourth-order valence-corrected chi connectivity index (χ4v) is 3.79. The van der Waals surface area contributed by atoms with E-state index in [1.165, 1.54) is 0 Å². The molecule has 3 N–H and O–H groups in total. The van der Waals surface area contributed by atoms with E-state index in [4.69, 9.17) is 9.05 Å². The van der Waals surface area contributed by atoms with Crippen molar-refractivity contribution in [2.45, 2.75) is 52.1 Å². The van der Waals surface area contributed by atoms with Gasteiger partial charge in [-0.1, -0.05) is 30.3 Å². The molecule has 5 heteroatoms. The highest BCUT2D eigenvalue weighted by atomic mass is 31.2. The van der Waals surface area contributed by atoms with Gasteiger partial charge < -0.3 is 14.8 Å². The minimum atomic E-state index is -3.20. The Kier molecular flexibility index (Phi) is 6.21. The van der Waals surface area contributed by atoms with E-state index in [9.17, 15) is 4.57 Å². The first-order valence-corrected chi connectivity index (χ1v) is 8.28. The summed E-state index contributed by atoms with van der Waals surface area (Å²) in [4.78, 5) is 0. The zero-order valence-electron chi connectivity index (χ0n) is 12.2. The van der Waals surface area contributed by atoms with Gasteiger partial charge in [0.15, 0.2) is 5.78 Å². The Bertz CT molecular complexity index is 406. The molecule has 0 aromatic heterocycles. The second-order valence-electron chi connectivity index (χ2n) is 5.19. The van der Waals surface area contributed by atoms with Crippen LogP contribution in [0.2, 0.25) is 0 Å². The molecule has 4 nitrogen and oxygen atoms in total. The van der Waals surface area contributed by atoms with Gasteiger partial charge >= 0.3 is 7.60 Å². The average Bonchev–Trinajstić information content (AvgIpc) is 2.27. The van der Waals surface area contributed by atoms with Crippen LogP contribution in [0.25, 0.3) is 0 Å². The third-order valence-electron chi connectivity index (χ3n) is 2.48. The van der Waals surface area contributed by atoms with E-state index in [0.717, 1.165) is 5.56 Å². The van der Waals surface area contributed by atoms with Crippen LogP contribution in [-0.4, -0.2) is 18.0 Å². The summed E-state index contributed by atoms with van der Waals surface area (Å²) in [5.41, 5.74) is 5.08. The van der Waals surface area contributed by atoms with Crippen molar-refractivity contribution in [2.75, 3.05) is 0 Å². The molecule has 0 aliphatic heterocycles. The van der Waals surface area contributed by atoms with E-state index >= 15 is 0 Å². The highest BCUT2D eigenvalue weighted by Gasteiger charge is 2.38. The lowest BCUT2D eigenvalue weighted by molar-refractivity contribution is -0.394. The largest absolute Gasteiger partial charge is 0.388 e. The molecule has 0 amide bonds. The summed E-state index contributed by atoms with van der Waals surface area (Å²) >= 11 is 0. The molecule has 0 unspecified atom stereocenters. The van der Waals surface area contributed by atoms with Crippen LogP contribution in [0.4, 0.5) is 0 Å². The number of hydrogen-bond donors (Lipinski definition) is 1. The van der Waals surface area contributed by atoms with E-state index in [2.05, 4.69) is 5.73 Å². The molecule has 0 radical (unpaired) electrons. The average molecular weight is 286 g/mol. The van der Waals surface area contributed by atoms with Gasteiger partial charge in [0.1, 0.15) is 0 Å². The van der Waals surface area contributed by atoms with Crippen LogP contribution in [0.15, 0.2) is 30.3 Å². The molecule has 108 valence electrons. The molecule has 1 aromatic rings. The molecular formula is C14H25NO3P+. The van der Waals surface area contributed by atoms with Gasteiger partial charge in [-0.25, -0.2) is 0 Å². The first-order chi connectivity index (χ1) is 8.83. The lowest BCUT2D eigenvalue weighted by Gasteiger charge is -2.25. The predicted octanol–water partition coefficient (Wildman–Crippen LogP) is 2.84. The third kappa shape index (κ3) is 5.45. The molecule has 0 heterocycles. The first-order valence-electron chi connectivity index (χ1n) is 6.67. The number of benzene rings is 1. The highest BCUT2D eigenvalue weighted by Crippen LogP contribution is 2.53. The van der Waals surface area contributed by atoms with Crippen molar-refractivity contribution in [2.24, 2.45) is 0 Å². The molecule has 0 aliphatic carbocycles. The molecule has 1 atom stereocenters. The topological polar surface area (TPSA) is 63.2 Å². The summed E-state index contributed by atoms with van der Waals surface area (Å²) in [5, 5.41) is 0. The van der Waals surface area contributed by atoms with E-state index in [0.29, 0.717) is 6.42 Å². The third-order valence-corrected chi connectivity index (χ3v) is 4.98. The fraction of sp³-hybridized carbons (Fsp3) is 0.571.